The Labute approximate surface area is 82.9 Å². The van der Waals surface area contributed by atoms with Gasteiger partial charge in [0.2, 0.25) is 0 Å². The van der Waals surface area contributed by atoms with Gasteiger partial charge in [-0.15, -0.1) is 0 Å². The summed E-state index contributed by atoms with van der Waals surface area (Å²) in [5.74, 6) is 0.793. The molecular formula is C12H11NO. The van der Waals surface area contributed by atoms with Crippen LogP contribution in [0.1, 0.15) is 11.3 Å². The van der Waals surface area contributed by atoms with Crippen LogP contribution in [0.3, 0.4) is 0 Å². The quantitative estimate of drug-likeness (QED) is 0.675. The van der Waals surface area contributed by atoms with Crippen molar-refractivity contribution in [1.82, 2.24) is 0 Å². The Kier molecular flexibility index (Phi) is 2.76. The van der Waals surface area contributed by atoms with Gasteiger partial charge in [0.1, 0.15) is 5.76 Å². The zero-order valence-electron chi connectivity index (χ0n) is 7.76. The van der Waals surface area contributed by atoms with E-state index in [0.717, 1.165) is 5.76 Å². The lowest BCUT2D eigenvalue weighted by atomic mass is 10.2. The molecule has 2 aromatic rings. The highest BCUT2D eigenvalue weighted by molar-refractivity contribution is 5.75. The molecule has 0 atom stereocenters. The van der Waals surface area contributed by atoms with Gasteiger partial charge >= 0.3 is 0 Å². The molecule has 0 N–H and O–H groups in total. The topological polar surface area (TPSA) is 25.5 Å². The third kappa shape index (κ3) is 2.33. The van der Waals surface area contributed by atoms with Crippen LogP contribution in [0.5, 0.6) is 0 Å². The van der Waals surface area contributed by atoms with Crippen molar-refractivity contribution in [1.29, 1.82) is 0 Å². The Morgan fingerprint density at radius 2 is 1.93 bits per heavy atom. The highest BCUT2D eigenvalue weighted by atomic mass is 16.3. The summed E-state index contributed by atoms with van der Waals surface area (Å²) < 4.78 is 5.12. The van der Waals surface area contributed by atoms with Crippen molar-refractivity contribution in [3.63, 3.8) is 0 Å². The van der Waals surface area contributed by atoms with Crippen molar-refractivity contribution >= 4 is 6.21 Å². The molecule has 14 heavy (non-hydrogen) atoms. The predicted molar refractivity (Wildman–Crippen MR) is 56.4 cm³/mol. The predicted octanol–water partition coefficient (Wildman–Crippen LogP) is 2.90. The molecule has 0 aliphatic carbocycles. The van der Waals surface area contributed by atoms with Crippen molar-refractivity contribution in [2.45, 2.75) is 6.54 Å². The van der Waals surface area contributed by atoms with Crippen LogP contribution in [0, 0.1) is 0 Å². The molecule has 2 heteroatoms. The maximum Gasteiger partial charge on any atom is 0.144 e. The van der Waals surface area contributed by atoms with Gasteiger partial charge in [0.05, 0.1) is 19.0 Å². The van der Waals surface area contributed by atoms with E-state index in [9.17, 15) is 0 Å². The van der Waals surface area contributed by atoms with Crippen LogP contribution in [-0.2, 0) is 6.54 Å². The van der Waals surface area contributed by atoms with Crippen LogP contribution >= 0.6 is 0 Å². The first kappa shape index (κ1) is 8.75. The van der Waals surface area contributed by atoms with Crippen molar-refractivity contribution in [3.05, 3.63) is 60.1 Å². The van der Waals surface area contributed by atoms with Gasteiger partial charge in [-0.05, 0) is 17.7 Å². The van der Waals surface area contributed by atoms with Crippen molar-refractivity contribution in [2.24, 2.45) is 4.99 Å². The monoisotopic (exact) mass is 185 g/mol. The van der Waals surface area contributed by atoms with E-state index < -0.39 is 0 Å². The minimum absolute atomic E-state index is 0.696. The number of furan rings is 1. The SMILES string of the molecule is C(=N\Cc1ccccc1)/c1ccco1. The van der Waals surface area contributed by atoms with Crippen LogP contribution in [0.2, 0.25) is 0 Å². The Morgan fingerprint density at radius 1 is 1.07 bits per heavy atom. The molecule has 2 nitrogen and oxygen atoms in total. The second kappa shape index (κ2) is 4.42. The van der Waals surface area contributed by atoms with E-state index in [1.807, 2.05) is 30.3 Å². The molecule has 0 saturated heterocycles. The Bertz CT molecular complexity index is 390. The summed E-state index contributed by atoms with van der Waals surface area (Å²) in [7, 11) is 0. The zero-order valence-corrected chi connectivity index (χ0v) is 7.76. The molecule has 0 saturated carbocycles. The van der Waals surface area contributed by atoms with Gasteiger partial charge < -0.3 is 4.42 Å². The van der Waals surface area contributed by atoms with E-state index in [1.54, 1.807) is 12.5 Å². The van der Waals surface area contributed by atoms with E-state index in [-0.39, 0.29) is 0 Å². The van der Waals surface area contributed by atoms with E-state index >= 15 is 0 Å². The van der Waals surface area contributed by atoms with E-state index in [0.29, 0.717) is 6.54 Å². The van der Waals surface area contributed by atoms with Crippen LogP contribution in [0.25, 0.3) is 0 Å². The number of rotatable bonds is 3. The Balaban J connectivity index is 1.95. The summed E-state index contributed by atoms with van der Waals surface area (Å²) in [5, 5.41) is 0. The number of hydrogen-bond acceptors (Lipinski definition) is 2. The maximum absolute atomic E-state index is 5.12. The largest absolute Gasteiger partial charge is 0.463 e. The molecule has 0 aliphatic heterocycles. The summed E-state index contributed by atoms with van der Waals surface area (Å²) in [4.78, 5) is 4.27. The normalized spacial score (nSPS) is 10.9. The molecular weight excluding hydrogens is 174 g/mol. The van der Waals surface area contributed by atoms with E-state index in [1.165, 1.54) is 5.56 Å². The first-order valence-electron chi connectivity index (χ1n) is 4.52. The van der Waals surface area contributed by atoms with Crippen LogP contribution in [-0.4, -0.2) is 6.21 Å². The molecule has 0 aliphatic rings. The number of aliphatic imine (C=N–C) groups is 1. The molecule has 0 spiro atoms. The molecule has 0 fully saturated rings. The van der Waals surface area contributed by atoms with Gasteiger partial charge in [-0.2, -0.15) is 0 Å². The highest BCUT2D eigenvalue weighted by Gasteiger charge is 1.89. The lowest BCUT2D eigenvalue weighted by Gasteiger charge is -1.93. The van der Waals surface area contributed by atoms with Gasteiger partial charge in [0.15, 0.2) is 0 Å². The smallest absolute Gasteiger partial charge is 0.144 e. The van der Waals surface area contributed by atoms with Crippen molar-refractivity contribution < 1.29 is 4.42 Å². The molecule has 0 amide bonds. The Hall–Kier alpha value is -1.83. The standard InChI is InChI=1S/C12H11NO/c1-2-5-11(6-3-1)9-13-10-12-7-4-8-14-12/h1-8,10H,9H2/b13-10+. The van der Waals surface area contributed by atoms with Crippen molar-refractivity contribution in [3.8, 4) is 0 Å². The minimum Gasteiger partial charge on any atom is -0.463 e. The molecule has 1 aromatic heterocycles. The fourth-order valence-electron chi connectivity index (χ4n) is 1.19. The minimum atomic E-state index is 0.696. The molecule has 2 rings (SSSR count). The van der Waals surface area contributed by atoms with E-state index in [2.05, 4.69) is 17.1 Å². The number of nitrogens with zero attached hydrogens (tertiary/aromatic N) is 1. The third-order valence-electron chi connectivity index (χ3n) is 1.88. The summed E-state index contributed by atoms with van der Waals surface area (Å²) in [6.45, 7) is 0.696. The number of hydrogen-bond donors (Lipinski definition) is 0. The van der Waals surface area contributed by atoms with Crippen LogP contribution in [0.4, 0.5) is 0 Å². The zero-order chi connectivity index (χ0) is 9.64. The first-order valence-corrected chi connectivity index (χ1v) is 4.52. The lowest BCUT2D eigenvalue weighted by molar-refractivity contribution is 0.560. The lowest BCUT2D eigenvalue weighted by Crippen LogP contribution is -1.81. The summed E-state index contributed by atoms with van der Waals surface area (Å²) >= 11 is 0. The average Bonchev–Trinajstić information content (AvgIpc) is 2.72. The molecule has 0 bridgehead atoms. The maximum atomic E-state index is 5.12. The molecule has 1 aromatic carbocycles. The summed E-state index contributed by atoms with van der Waals surface area (Å²) in [5.41, 5.74) is 1.20. The first-order chi connectivity index (χ1) is 6.95. The number of benzene rings is 1. The van der Waals surface area contributed by atoms with Gasteiger partial charge in [0, 0.05) is 0 Å². The Morgan fingerprint density at radius 3 is 2.64 bits per heavy atom. The van der Waals surface area contributed by atoms with Gasteiger partial charge in [0.25, 0.3) is 0 Å². The summed E-state index contributed by atoms with van der Waals surface area (Å²) in [6.07, 6.45) is 3.39. The second-order valence-electron chi connectivity index (χ2n) is 2.97. The van der Waals surface area contributed by atoms with Crippen LogP contribution in [0.15, 0.2) is 58.1 Å². The average molecular weight is 185 g/mol. The summed E-state index contributed by atoms with van der Waals surface area (Å²) in [6, 6.07) is 13.9. The molecule has 0 radical (unpaired) electrons. The van der Waals surface area contributed by atoms with Crippen LogP contribution < -0.4 is 0 Å². The van der Waals surface area contributed by atoms with Gasteiger partial charge in [-0.25, -0.2) is 0 Å². The van der Waals surface area contributed by atoms with E-state index in [4.69, 9.17) is 4.42 Å². The van der Waals surface area contributed by atoms with Gasteiger partial charge in [-0.3, -0.25) is 4.99 Å². The van der Waals surface area contributed by atoms with Gasteiger partial charge in [-0.1, -0.05) is 30.3 Å². The highest BCUT2D eigenvalue weighted by Crippen LogP contribution is 2.01. The fraction of sp³-hybridized carbons (Fsp3) is 0.0833. The molecule has 70 valence electrons. The third-order valence-corrected chi connectivity index (χ3v) is 1.88. The van der Waals surface area contributed by atoms with Crippen molar-refractivity contribution in [2.75, 3.05) is 0 Å². The molecule has 0 unspecified atom stereocenters. The molecule has 1 heterocycles. The second-order valence-corrected chi connectivity index (χ2v) is 2.97. The fourth-order valence-corrected chi connectivity index (χ4v) is 1.19.